The van der Waals surface area contributed by atoms with Crippen LogP contribution >= 0.6 is 0 Å². The predicted molar refractivity (Wildman–Crippen MR) is 67.7 cm³/mol. The number of benzene rings is 1. The molecule has 5 nitrogen and oxygen atoms in total. The lowest BCUT2D eigenvalue weighted by molar-refractivity contribution is -0.114. The summed E-state index contributed by atoms with van der Waals surface area (Å²) in [5.41, 5.74) is 1.25. The van der Waals surface area contributed by atoms with Crippen molar-refractivity contribution < 1.29 is 9.59 Å². The molecule has 0 atom stereocenters. The molecule has 0 heterocycles. The highest BCUT2D eigenvalue weighted by molar-refractivity contribution is 5.92. The molecule has 1 rings (SSSR count). The smallest absolute Gasteiger partial charge is 0.323 e. The van der Waals surface area contributed by atoms with Crippen molar-refractivity contribution in [2.45, 2.75) is 13.8 Å². The van der Waals surface area contributed by atoms with Gasteiger partial charge in [0.25, 0.3) is 0 Å². The third kappa shape index (κ3) is 4.83. The third-order valence-corrected chi connectivity index (χ3v) is 1.82. The van der Waals surface area contributed by atoms with Crippen molar-refractivity contribution >= 4 is 23.3 Å². The van der Waals surface area contributed by atoms with Crippen LogP contribution in [0.1, 0.15) is 13.8 Å². The van der Waals surface area contributed by atoms with Crippen LogP contribution in [0, 0.1) is 0 Å². The Bertz CT molecular complexity index is 441. The van der Waals surface area contributed by atoms with Crippen LogP contribution in [0.3, 0.4) is 0 Å². The van der Waals surface area contributed by atoms with Crippen molar-refractivity contribution in [3.8, 4) is 0 Å². The highest BCUT2D eigenvalue weighted by Gasteiger charge is 2.01. The van der Waals surface area contributed by atoms with E-state index in [2.05, 4.69) is 16.0 Å². The number of rotatable bonds is 3. The maximum Gasteiger partial charge on any atom is 0.323 e. The molecule has 90 valence electrons. The van der Waals surface area contributed by atoms with Crippen molar-refractivity contribution in [2.75, 3.05) is 10.6 Å². The molecule has 0 fully saturated rings. The Morgan fingerprint density at radius 3 is 2.41 bits per heavy atom. The van der Waals surface area contributed by atoms with Crippen molar-refractivity contribution in [3.05, 3.63) is 36.5 Å². The van der Waals surface area contributed by atoms with E-state index in [9.17, 15) is 9.59 Å². The zero-order valence-electron chi connectivity index (χ0n) is 9.78. The SMILES string of the molecule is C/C=C/NC(=O)Nc1cccc(NC(C)=O)c1. The molecular weight excluding hydrogens is 218 g/mol. The molecule has 3 amide bonds. The Morgan fingerprint density at radius 1 is 1.18 bits per heavy atom. The van der Waals surface area contributed by atoms with Gasteiger partial charge in [0.15, 0.2) is 0 Å². The average Bonchev–Trinajstić information content (AvgIpc) is 2.26. The average molecular weight is 233 g/mol. The van der Waals surface area contributed by atoms with E-state index < -0.39 is 0 Å². The van der Waals surface area contributed by atoms with Crippen molar-refractivity contribution in [3.63, 3.8) is 0 Å². The Kier molecular flexibility index (Phi) is 4.75. The molecule has 0 radical (unpaired) electrons. The second kappa shape index (κ2) is 6.32. The quantitative estimate of drug-likeness (QED) is 0.749. The maximum absolute atomic E-state index is 11.3. The minimum Gasteiger partial charge on any atom is -0.326 e. The Morgan fingerprint density at radius 2 is 1.82 bits per heavy atom. The van der Waals surface area contributed by atoms with Gasteiger partial charge in [-0.1, -0.05) is 12.1 Å². The van der Waals surface area contributed by atoms with Gasteiger partial charge in [-0.25, -0.2) is 4.79 Å². The summed E-state index contributed by atoms with van der Waals surface area (Å²) in [6.45, 7) is 3.23. The van der Waals surface area contributed by atoms with Gasteiger partial charge in [0.1, 0.15) is 0 Å². The summed E-state index contributed by atoms with van der Waals surface area (Å²) in [6.07, 6.45) is 3.25. The number of carbonyl (C=O) groups is 2. The van der Waals surface area contributed by atoms with E-state index in [1.165, 1.54) is 13.1 Å². The Balaban J connectivity index is 2.65. The van der Waals surface area contributed by atoms with Gasteiger partial charge in [-0.3, -0.25) is 4.79 Å². The molecular formula is C12H15N3O2. The number of anilines is 2. The van der Waals surface area contributed by atoms with Crippen molar-refractivity contribution in [1.82, 2.24) is 5.32 Å². The highest BCUT2D eigenvalue weighted by Crippen LogP contribution is 2.14. The lowest BCUT2D eigenvalue weighted by Gasteiger charge is -2.07. The first-order valence-corrected chi connectivity index (χ1v) is 5.18. The minimum atomic E-state index is -0.330. The van der Waals surface area contributed by atoms with Crippen LogP contribution in [0.15, 0.2) is 36.5 Å². The number of nitrogens with one attached hydrogen (secondary N) is 3. The van der Waals surface area contributed by atoms with Crippen LogP contribution in [0.25, 0.3) is 0 Å². The van der Waals surface area contributed by atoms with E-state index in [0.29, 0.717) is 11.4 Å². The van der Waals surface area contributed by atoms with E-state index in [1.54, 1.807) is 37.3 Å². The van der Waals surface area contributed by atoms with Gasteiger partial charge in [0, 0.05) is 24.5 Å². The van der Waals surface area contributed by atoms with Crippen LogP contribution in [0.4, 0.5) is 16.2 Å². The molecule has 1 aromatic rings. The maximum atomic E-state index is 11.3. The second-order valence-electron chi connectivity index (χ2n) is 3.36. The van der Waals surface area contributed by atoms with Gasteiger partial charge in [-0.15, -0.1) is 0 Å². The normalized spacial score (nSPS) is 10.0. The Hall–Kier alpha value is -2.30. The largest absolute Gasteiger partial charge is 0.326 e. The molecule has 0 aromatic heterocycles. The first-order valence-electron chi connectivity index (χ1n) is 5.18. The van der Waals surface area contributed by atoms with Gasteiger partial charge in [0.2, 0.25) is 5.91 Å². The molecule has 0 unspecified atom stereocenters. The first-order chi connectivity index (χ1) is 8.11. The van der Waals surface area contributed by atoms with E-state index >= 15 is 0 Å². The molecule has 17 heavy (non-hydrogen) atoms. The van der Waals surface area contributed by atoms with E-state index in [0.717, 1.165) is 0 Å². The third-order valence-electron chi connectivity index (χ3n) is 1.82. The van der Waals surface area contributed by atoms with Gasteiger partial charge < -0.3 is 16.0 Å². The number of amides is 3. The summed E-state index contributed by atoms with van der Waals surface area (Å²) in [6, 6.07) is 6.58. The summed E-state index contributed by atoms with van der Waals surface area (Å²) in [5.74, 6) is -0.152. The molecule has 0 saturated heterocycles. The fourth-order valence-electron chi connectivity index (χ4n) is 1.20. The van der Waals surface area contributed by atoms with Crippen LogP contribution in [-0.2, 0) is 4.79 Å². The predicted octanol–water partition coefficient (Wildman–Crippen LogP) is 2.30. The number of hydrogen-bond donors (Lipinski definition) is 3. The van der Waals surface area contributed by atoms with Crippen molar-refractivity contribution in [2.24, 2.45) is 0 Å². The topological polar surface area (TPSA) is 70.2 Å². The van der Waals surface area contributed by atoms with Crippen LogP contribution in [0.2, 0.25) is 0 Å². The summed E-state index contributed by atoms with van der Waals surface area (Å²) in [5, 5.41) is 7.80. The summed E-state index contributed by atoms with van der Waals surface area (Å²) in [4.78, 5) is 22.2. The van der Waals surface area contributed by atoms with Crippen molar-refractivity contribution in [1.29, 1.82) is 0 Å². The standard InChI is InChI=1S/C12H15N3O2/c1-3-7-13-12(17)15-11-6-4-5-10(8-11)14-9(2)16/h3-8H,1-2H3,(H,14,16)(H2,13,15,17)/b7-3+. The van der Waals surface area contributed by atoms with Crippen LogP contribution < -0.4 is 16.0 Å². The zero-order valence-corrected chi connectivity index (χ0v) is 9.78. The number of carbonyl (C=O) groups excluding carboxylic acids is 2. The zero-order chi connectivity index (χ0) is 12.7. The molecule has 0 aliphatic heterocycles. The lowest BCUT2D eigenvalue weighted by atomic mass is 10.3. The second-order valence-corrected chi connectivity index (χ2v) is 3.36. The summed E-state index contributed by atoms with van der Waals surface area (Å²) in [7, 11) is 0. The van der Waals surface area contributed by atoms with E-state index in [4.69, 9.17) is 0 Å². The van der Waals surface area contributed by atoms with Gasteiger partial charge in [0.05, 0.1) is 0 Å². The van der Waals surface area contributed by atoms with Crippen LogP contribution in [-0.4, -0.2) is 11.9 Å². The molecule has 0 aliphatic rings. The Labute approximate surface area is 99.9 Å². The highest BCUT2D eigenvalue weighted by atomic mass is 16.2. The molecule has 5 heteroatoms. The van der Waals surface area contributed by atoms with Gasteiger partial charge in [-0.05, 0) is 25.1 Å². The van der Waals surface area contributed by atoms with E-state index in [-0.39, 0.29) is 11.9 Å². The number of urea groups is 1. The number of allylic oxidation sites excluding steroid dienone is 1. The monoisotopic (exact) mass is 233 g/mol. The molecule has 1 aromatic carbocycles. The minimum absolute atomic E-state index is 0.152. The fraction of sp³-hybridized carbons (Fsp3) is 0.167. The van der Waals surface area contributed by atoms with Crippen LogP contribution in [0.5, 0.6) is 0 Å². The molecule has 0 bridgehead atoms. The molecule has 0 saturated carbocycles. The fourth-order valence-corrected chi connectivity index (χ4v) is 1.20. The lowest BCUT2D eigenvalue weighted by Crippen LogP contribution is -2.23. The van der Waals surface area contributed by atoms with Gasteiger partial charge in [-0.2, -0.15) is 0 Å². The summed E-state index contributed by atoms with van der Waals surface area (Å²) < 4.78 is 0. The molecule has 0 spiro atoms. The summed E-state index contributed by atoms with van der Waals surface area (Å²) >= 11 is 0. The van der Waals surface area contributed by atoms with Gasteiger partial charge >= 0.3 is 6.03 Å². The first kappa shape index (κ1) is 12.8. The van der Waals surface area contributed by atoms with E-state index in [1.807, 2.05) is 0 Å². The molecule has 3 N–H and O–H groups in total. The molecule has 0 aliphatic carbocycles. The number of hydrogen-bond acceptors (Lipinski definition) is 2.